The van der Waals surface area contributed by atoms with Gasteiger partial charge in [0, 0.05) is 32.0 Å². The molecule has 0 aliphatic carbocycles. The lowest BCUT2D eigenvalue weighted by atomic mass is 10.1. The third-order valence-corrected chi connectivity index (χ3v) is 4.59. The molecule has 0 amide bonds. The highest BCUT2D eigenvalue weighted by molar-refractivity contribution is 14.0. The highest BCUT2D eigenvalue weighted by Crippen LogP contribution is 2.28. The van der Waals surface area contributed by atoms with Gasteiger partial charge in [0.1, 0.15) is 6.61 Å². The first kappa shape index (κ1) is 28.8. The second-order valence-corrected chi connectivity index (χ2v) is 6.95. The van der Waals surface area contributed by atoms with Crippen LogP contribution in [0.4, 0.5) is 0 Å². The summed E-state index contributed by atoms with van der Waals surface area (Å²) in [4.78, 5) is 8.99. The van der Waals surface area contributed by atoms with Crippen LogP contribution < -0.4 is 24.8 Å². The van der Waals surface area contributed by atoms with E-state index in [4.69, 9.17) is 18.9 Å². The van der Waals surface area contributed by atoms with Crippen molar-refractivity contribution in [2.75, 3.05) is 47.1 Å². The summed E-state index contributed by atoms with van der Waals surface area (Å²) in [5.74, 6) is 2.91. The van der Waals surface area contributed by atoms with Crippen molar-refractivity contribution in [3.63, 3.8) is 0 Å². The first-order valence-electron chi connectivity index (χ1n) is 11.1. The van der Waals surface area contributed by atoms with Crippen LogP contribution in [-0.4, -0.2) is 58.1 Å². The number of nitrogens with zero attached hydrogens (tertiary/aromatic N) is 2. The number of halogens is 1. The minimum atomic E-state index is 0. The van der Waals surface area contributed by atoms with Gasteiger partial charge in [-0.2, -0.15) is 0 Å². The van der Waals surface area contributed by atoms with Crippen LogP contribution in [0.5, 0.6) is 17.4 Å². The first-order chi connectivity index (χ1) is 15.7. The second kappa shape index (κ2) is 17.2. The van der Waals surface area contributed by atoms with E-state index < -0.39 is 0 Å². The smallest absolute Gasteiger partial charge is 0.218 e. The fraction of sp³-hybridized carbons (Fsp3) is 0.500. The van der Waals surface area contributed by atoms with Gasteiger partial charge in [0.15, 0.2) is 17.5 Å². The molecule has 0 fully saturated rings. The number of nitrogens with one attached hydrogen (secondary N) is 2. The molecule has 1 aromatic heterocycles. The van der Waals surface area contributed by atoms with Gasteiger partial charge in [-0.3, -0.25) is 0 Å². The first-order valence-corrected chi connectivity index (χ1v) is 11.1. The molecule has 0 aliphatic heterocycles. The molecule has 0 atom stereocenters. The van der Waals surface area contributed by atoms with Crippen LogP contribution in [0.25, 0.3) is 0 Å². The summed E-state index contributed by atoms with van der Waals surface area (Å²) < 4.78 is 21.8. The van der Waals surface area contributed by atoms with Crippen molar-refractivity contribution in [1.29, 1.82) is 0 Å². The molecule has 0 aliphatic rings. The summed E-state index contributed by atoms with van der Waals surface area (Å²) in [6, 6.07) is 9.95. The summed E-state index contributed by atoms with van der Waals surface area (Å²) in [6.45, 7) is 7.66. The van der Waals surface area contributed by atoms with Crippen molar-refractivity contribution in [3.05, 3.63) is 47.7 Å². The normalized spacial score (nSPS) is 10.8. The maximum Gasteiger partial charge on any atom is 0.218 e. The zero-order valence-corrected chi connectivity index (χ0v) is 22.4. The van der Waals surface area contributed by atoms with Gasteiger partial charge in [0.05, 0.1) is 26.9 Å². The van der Waals surface area contributed by atoms with Crippen molar-refractivity contribution in [2.24, 2.45) is 4.99 Å². The molecule has 0 saturated carbocycles. The zero-order valence-electron chi connectivity index (χ0n) is 20.1. The zero-order chi connectivity index (χ0) is 23.0. The summed E-state index contributed by atoms with van der Waals surface area (Å²) in [5.41, 5.74) is 2.15. The van der Waals surface area contributed by atoms with Crippen molar-refractivity contribution >= 4 is 29.9 Å². The van der Waals surface area contributed by atoms with E-state index in [1.807, 2.05) is 32.0 Å². The number of ether oxygens (including phenoxy) is 4. The summed E-state index contributed by atoms with van der Waals surface area (Å²) in [6.07, 6.45) is 3.60. The van der Waals surface area contributed by atoms with Crippen LogP contribution in [0.15, 0.2) is 41.5 Å². The van der Waals surface area contributed by atoms with E-state index >= 15 is 0 Å². The molecular weight excluding hydrogens is 535 g/mol. The van der Waals surface area contributed by atoms with E-state index in [1.165, 1.54) is 5.56 Å². The molecule has 9 heteroatoms. The molecule has 0 saturated heterocycles. The van der Waals surface area contributed by atoms with E-state index in [2.05, 4.69) is 32.7 Å². The number of methoxy groups -OCH3 is 2. The molecule has 2 aromatic rings. The van der Waals surface area contributed by atoms with Crippen molar-refractivity contribution in [3.8, 4) is 17.4 Å². The summed E-state index contributed by atoms with van der Waals surface area (Å²) in [7, 11) is 3.30. The lowest BCUT2D eigenvalue weighted by Gasteiger charge is -2.13. The van der Waals surface area contributed by atoms with Gasteiger partial charge in [-0.15, -0.1) is 24.0 Å². The Kier molecular flexibility index (Phi) is 15.0. The van der Waals surface area contributed by atoms with E-state index in [-0.39, 0.29) is 24.0 Å². The van der Waals surface area contributed by atoms with Gasteiger partial charge < -0.3 is 29.6 Å². The Morgan fingerprint density at radius 3 is 2.61 bits per heavy atom. The Morgan fingerprint density at radius 1 is 1.03 bits per heavy atom. The molecule has 0 bridgehead atoms. The number of hydrogen-bond acceptors (Lipinski definition) is 6. The van der Waals surface area contributed by atoms with Crippen molar-refractivity contribution in [2.45, 2.75) is 33.2 Å². The Hall–Kier alpha value is -2.27. The van der Waals surface area contributed by atoms with Crippen LogP contribution in [0.1, 0.15) is 31.4 Å². The van der Waals surface area contributed by atoms with Gasteiger partial charge in [-0.05, 0) is 50.5 Å². The van der Waals surface area contributed by atoms with Gasteiger partial charge in [-0.25, -0.2) is 9.98 Å². The predicted octanol–water partition coefficient (Wildman–Crippen LogP) is 3.82. The molecule has 184 valence electrons. The van der Waals surface area contributed by atoms with E-state index in [0.717, 1.165) is 49.0 Å². The molecule has 2 rings (SSSR count). The topological polar surface area (TPSA) is 86.2 Å². The molecule has 0 spiro atoms. The van der Waals surface area contributed by atoms with Crippen LogP contribution in [-0.2, 0) is 17.7 Å². The molecule has 1 aromatic carbocycles. The monoisotopic (exact) mass is 572 g/mol. The van der Waals surface area contributed by atoms with E-state index in [0.29, 0.717) is 32.2 Å². The fourth-order valence-corrected chi connectivity index (χ4v) is 3.05. The number of guanidine groups is 1. The maximum atomic E-state index is 5.70. The van der Waals surface area contributed by atoms with E-state index in [9.17, 15) is 0 Å². The van der Waals surface area contributed by atoms with Gasteiger partial charge in [0.2, 0.25) is 5.88 Å². The Bertz CT molecular complexity index is 836. The number of rotatable bonds is 14. The van der Waals surface area contributed by atoms with Crippen molar-refractivity contribution in [1.82, 2.24) is 15.6 Å². The summed E-state index contributed by atoms with van der Waals surface area (Å²) >= 11 is 0. The Balaban J connectivity index is 0.00000544. The van der Waals surface area contributed by atoms with Gasteiger partial charge in [-0.1, -0.05) is 12.1 Å². The molecule has 1 heterocycles. The standard InChI is InChI=1S/C24H36N4O4.HI/c1-5-25-24(28-18-20-10-8-13-26-23(20)32-16-15-29-3)27-14-7-9-19-11-12-21(30-4)22(17-19)31-6-2;/h8,10-13,17H,5-7,9,14-16,18H2,1-4H3,(H2,25,27,28);1H. The molecular formula is C24H37IN4O4. The quantitative estimate of drug-likeness (QED) is 0.154. The van der Waals surface area contributed by atoms with Crippen LogP contribution >= 0.6 is 24.0 Å². The van der Waals surface area contributed by atoms with Crippen molar-refractivity contribution < 1.29 is 18.9 Å². The molecule has 33 heavy (non-hydrogen) atoms. The number of pyridine rings is 1. The SMILES string of the molecule is CCNC(=NCc1cccnc1OCCOC)NCCCc1ccc(OC)c(OCC)c1.I. The highest BCUT2D eigenvalue weighted by atomic mass is 127. The number of aliphatic imine (C=N–C) groups is 1. The van der Waals surface area contributed by atoms with E-state index in [1.54, 1.807) is 20.4 Å². The number of hydrogen-bond donors (Lipinski definition) is 2. The average molecular weight is 572 g/mol. The minimum Gasteiger partial charge on any atom is -0.493 e. The number of aromatic nitrogens is 1. The largest absolute Gasteiger partial charge is 0.493 e. The summed E-state index contributed by atoms with van der Waals surface area (Å²) in [5, 5.41) is 6.68. The lowest BCUT2D eigenvalue weighted by molar-refractivity contribution is 0.143. The maximum absolute atomic E-state index is 5.70. The Morgan fingerprint density at radius 2 is 1.88 bits per heavy atom. The average Bonchev–Trinajstić information content (AvgIpc) is 2.81. The molecule has 0 unspecified atom stereocenters. The van der Waals surface area contributed by atoms with Gasteiger partial charge >= 0.3 is 0 Å². The van der Waals surface area contributed by atoms with Crippen LogP contribution in [0.2, 0.25) is 0 Å². The lowest BCUT2D eigenvalue weighted by Crippen LogP contribution is -2.37. The fourth-order valence-electron chi connectivity index (χ4n) is 3.05. The molecule has 2 N–H and O–H groups in total. The number of benzene rings is 1. The second-order valence-electron chi connectivity index (χ2n) is 6.95. The third kappa shape index (κ3) is 10.5. The Labute approximate surface area is 214 Å². The highest BCUT2D eigenvalue weighted by Gasteiger charge is 2.07. The number of aryl methyl sites for hydroxylation is 1. The molecule has 8 nitrogen and oxygen atoms in total. The van der Waals surface area contributed by atoms with Crippen LogP contribution in [0, 0.1) is 0 Å². The van der Waals surface area contributed by atoms with Gasteiger partial charge in [0.25, 0.3) is 0 Å². The molecule has 0 radical (unpaired) electrons. The van der Waals surface area contributed by atoms with Crippen LogP contribution in [0.3, 0.4) is 0 Å². The predicted molar refractivity (Wildman–Crippen MR) is 142 cm³/mol. The third-order valence-electron chi connectivity index (χ3n) is 4.59. The minimum absolute atomic E-state index is 0.